The molecule has 0 radical (unpaired) electrons. The van der Waals surface area contributed by atoms with Gasteiger partial charge in [-0.05, 0) is 19.8 Å². The molecular formula is C12H23N3. The highest BCUT2D eigenvalue weighted by atomic mass is 15.2. The molecule has 2 saturated heterocycles. The molecule has 86 valence electrons. The number of nitrogens with zero attached hydrogens (tertiary/aromatic N) is 2. The maximum atomic E-state index is 4.02. The third-order valence-electron chi connectivity index (χ3n) is 3.67. The number of piperazine rings is 1. The average molecular weight is 209 g/mol. The molecule has 2 aliphatic rings. The fourth-order valence-electron chi connectivity index (χ4n) is 2.66. The molecule has 2 rings (SSSR count). The van der Waals surface area contributed by atoms with E-state index in [1.807, 2.05) is 0 Å². The molecule has 2 heterocycles. The zero-order valence-corrected chi connectivity index (χ0v) is 9.84. The summed E-state index contributed by atoms with van der Waals surface area (Å²) in [5, 5.41) is 3.41. The maximum Gasteiger partial charge on any atom is 0.0189 e. The number of hydrogen-bond acceptors (Lipinski definition) is 3. The molecule has 0 saturated carbocycles. The van der Waals surface area contributed by atoms with E-state index in [0.717, 1.165) is 6.04 Å². The van der Waals surface area contributed by atoms with Crippen LogP contribution in [0.3, 0.4) is 0 Å². The molecule has 1 N–H and O–H groups in total. The number of hydrogen-bond donors (Lipinski definition) is 1. The van der Waals surface area contributed by atoms with Crippen molar-refractivity contribution < 1.29 is 0 Å². The lowest BCUT2D eigenvalue weighted by Crippen LogP contribution is -2.51. The van der Waals surface area contributed by atoms with E-state index >= 15 is 0 Å². The fourth-order valence-corrected chi connectivity index (χ4v) is 2.66. The lowest BCUT2D eigenvalue weighted by molar-refractivity contribution is 0.112. The summed E-state index contributed by atoms with van der Waals surface area (Å²) in [6, 6.07) is 0.822. The Kier molecular flexibility index (Phi) is 3.65. The number of rotatable bonds is 2. The smallest absolute Gasteiger partial charge is 0.0189 e. The molecule has 2 aliphatic heterocycles. The zero-order chi connectivity index (χ0) is 10.7. The van der Waals surface area contributed by atoms with E-state index in [2.05, 4.69) is 28.6 Å². The van der Waals surface area contributed by atoms with Crippen molar-refractivity contribution in [2.24, 2.45) is 0 Å². The van der Waals surface area contributed by atoms with Crippen LogP contribution in [-0.4, -0.2) is 55.1 Å². The van der Waals surface area contributed by atoms with Gasteiger partial charge in [0.1, 0.15) is 0 Å². The summed E-state index contributed by atoms with van der Waals surface area (Å²) in [6.07, 6.45) is 2.62. The topological polar surface area (TPSA) is 18.5 Å². The van der Waals surface area contributed by atoms with Gasteiger partial charge >= 0.3 is 0 Å². The van der Waals surface area contributed by atoms with Crippen molar-refractivity contribution in [3.05, 3.63) is 12.3 Å². The zero-order valence-electron chi connectivity index (χ0n) is 9.84. The minimum atomic E-state index is 0.822. The van der Waals surface area contributed by atoms with Gasteiger partial charge in [-0.1, -0.05) is 6.58 Å². The number of allylic oxidation sites excluding steroid dienone is 1. The minimum Gasteiger partial charge on any atom is -0.375 e. The van der Waals surface area contributed by atoms with Crippen LogP contribution < -0.4 is 5.32 Å². The quantitative estimate of drug-likeness (QED) is 0.728. The van der Waals surface area contributed by atoms with E-state index in [1.54, 1.807) is 0 Å². The summed E-state index contributed by atoms with van der Waals surface area (Å²) in [6.45, 7) is 13.3. The average Bonchev–Trinajstić information content (AvgIpc) is 2.30. The molecule has 3 heteroatoms. The Morgan fingerprint density at radius 3 is 2.27 bits per heavy atom. The Labute approximate surface area is 93.1 Å². The number of likely N-dealkylation sites (tertiary alicyclic amines) is 1. The van der Waals surface area contributed by atoms with Gasteiger partial charge in [0, 0.05) is 51.0 Å². The first-order valence-corrected chi connectivity index (χ1v) is 6.12. The van der Waals surface area contributed by atoms with Crippen LogP contribution in [0, 0.1) is 0 Å². The van der Waals surface area contributed by atoms with Crippen LogP contribution >= 0.6 is 0 Å². The molecule has 0 unspecified atom stereocenters. The first-order chi connectivity index (χ1) is 7.27. The van der Waals surface area contributed by atoms with Gasteiger partial charge in [-0.25, -0.2) is 0 Å². The predicted octanol–water partition coefficient (Wildman–Crippen LogP) is 0.890. The summed E-state index contributed by atoms with van der Waals surface area (Å²) in [5.74, 6) is 0. The second-order valence-electron chi connectivity index (χ2n) is 4.74. The van der Waals surface area contributed by atoms with Gasteiger partial charge < -0.3 is 10.2 Å². The van der Waals surface area contributed by atoms with Crippen molar-refractivity contribution >= 4 is 0 Å². The SMILES string of the molecule is C=C(C)N1CCC(N2CCNCC2)CC1. The Morgan fingerprint density at radius 1 is 1.13 bits per heavy atom. The van der Waals surface area contributed by atoms with Gasteiger partial charge in [-0.3, -0.25) is 4.90 Å². The van der Waals surface area contributed by atoms with E-state index in [0.29, 0.717) is 0 Å². The van der Waals surface area contributed by atoms with Crippen LogP contribution in [0.25, 0.3) is 0 Å². The van der Waals surface area contributed by atoms with Crippen LogP contribution in [0.15, 0.2) is 12.3 Å². The molecule has 0 bridgehead atoms. The van der Waals surface area contributed by atoms with Crippen molar-refractivity contribution in [2.45, 2.75) is 25.8 Å². The van der Waals surface area contributed by atoms with E-state index < -0.39 is 0 Å². The van der Waals surface area contributed by atoms with Gasteiger partial charge in [0.15, 0.2) is 0 Å². The molecule has 2 fully saturated rings. The van der Waals surface area contributed by atoms with Crippen LogP contribution in [0.1, 0.15) is 19.8 Å². The van der Waals surface area contributed by atoms with E-state index in [9.17, 15) is 0 Å². The van der Waals surface area contributed by atoms with Gasteiger partial charge in [0.05, 0.1) is 0 Å². The molecule has 0 spiro atoms. The first kappa shape index (κ1) is 11.0. The monoisotopic (exact) mass is 209 g/mol. The molecule has 0 aromatic heterocycles. The summed E-state index contributed by atoms with van der Waals surface area (Å²) >= 11 is 0. The van der Waals surface area contributed by atoms with E-state index in [4.69, 9.17) is 0 Å². The van der Waals surface area contributed by atoms with Gasteiger partial charge in [-0.15, -0.1) is 0 Å². The first-order valence-electron chi connectivity index (χ1n) is 6.12. The fraction of sp³-hybridized carbons (Fsp3) is 0.833. The van der Waals surface area contributed by atoms with Crippen LogP contribution in [0.2, 0.25) is 0 Å². The number of nitrogens with one attached hydrogen (secondary N) is 1. The predicted molar refractivity (Wildman–Crippen MR) is 63.9 cm³/mol. The molecule has 0 aromatic rings. The van der Waals surface area contributed by atoms with Crippen molar-refractivity contribution in [3.63, 3.8) is 0 Å². The Balaban J connectivity index is 1.79. The summed E-state index contributed by atoms with van der Waals surface area (Å²) in [4.78, 5) is 5.07. The minimum absolute atomic E-state index is 0.822. The lowest BCUT2D eigenvalue weighted by Gasteiger charge is -2.41. The maximum absolute atomic E-state index is 4.02. The highest BCUT2D eigenvalue weighted by Gasteiger charge is 2.24. The standard InChI is InChI=1S/C12H23N3/c1-11(2)14-7-3-12(4-8-14)15-9-5-13-6-10-15/h12-13H,1,3-10H2,2H3. The Morgan fingerprint density at radius 2 is 1.73 bits per heavy atom. The van der Waals surface area contributed by atoms with Gasteiger partial charge in [-0.2, -0.15) is 0 Å². The van der Waals surface area contributed by atoms with Gasteiger partial charge in [0.2, 0.25) is 0 Å². The molecule has 15 heavy (non-hydrogen) atoms. The van der Waals surface area contributed by atoms with Crippen LogP contribution in [-0.2, 0) is 0 Å². The van der Waals surface area contributed by atoms with Crippen LogP contribution in [0.4, 0.5) is 0 Å². The summed E-state index contributed by atoms with van der Waals surface area (Å²) in [7, 11) is 0. The largest absolute Gasteiger partial charge is 0.375 e. The van der Waals surface area contributed by atoms with Crippen molar-refractivity contribution in [1.29, 1.82) is 0 Å². The number of piperidine rings is 1. The third kappa shape index (κ3) is 2.73. The second-order valence-corrected chi connectivity index (χ2v) is 4.74. The van der Waals surface area contributed by atoms with Crippen molar-refractivity contribution in [2.75, 3.05) is 39.3 Å². The molecule has 0 aromatic carbocycles. The summed E-state index contributed by atoms with van der Waals surface area (Å²) in [5.41, 5.74) is 1.23. The third-order valence-corrected chi connectivity index (χ3v) is 3.67. The molecule has 0 aliphatic carbocycles. The normalized spacial score (nSPS) is 25.5. The van der Waals surface area contributed by atoms with Crippen LogP contribution in [0.5, 0.6) is 0 Å². The Hall–Kier alpha value is -0.540. The highest BCUT2D eigenvalue weighted by Crippen LogP contribution is 2.19. The van der Waals surface area contributed by atoms with Crippen molar-refractivity contribution in [1.82, 2.24) is 15.1 Å². The van der Waals surface area contributed by atoms with Gasteiger partial charge in [0.25, 0.3) is 0 Å². The van der Waals surface area contributed by atoms with Crippen molar-refractivity contribution in [3.8, 4) is 0 Å². The molecular weight excluding hydrogens is 186 g/mol. The van der Waals surface area contributed by atoms with E-state index in [1.165, 1.54) is 57.8 Å². The summed E-state index contributed by atoms with van der Waals surface area (Å²) < 4.78 is 0. The molecule has 0 atom stereocenters. The molecule has 3 nitrogen and oxygen atoms in total. The lowest BCUT2D eigenvalue weighted by atomic mass is 10.0. The highest BCUT2D eigenvalue weighted by molar-refractivity contribution is 4.93. The molecule has 0 amide bonds. The Bertz CT molecular complexity index is 213. The van der Waals surface area contributed by atoms with E-state index in [-0.39, 0.29) is 0 Å². The second kappa shape index (κ2) is 4.99.